The Morgan fingerprint density at radius 2 is 0.949 bits per heavy atom. The standard InChI is InChI=1S/C58H45N/c1-57(2)50-28-15-13-27-48(50)56-53(57)30-18-32-55(56)59(54-31-17-14-25-46(54)42-35-33-41(34-36-42)40-19-6-3-7-20-40)45-37-38-52-49(39-45)47-26-12-16-29-51(47)58(52,43-21-8-4-9-22-43)44-23-10-5-11-24-44/h3-39,49,52H,1-2H3. The number of anilines is 2. The summed E-state index contributed by atoms with van der Waals surface area (Å²) in [5.41, 5.74) is 18.7. The summed E-state index contributed by atoms with van der Waals surface area (Å²) < 4.78 is 0. The van der Waals surface area contributed by atoms with Crippen LogP contribution >= 0.6 is 0 Å². The van der Waals surface area contributed by atoms with E-state index in [4.69, 9.17) is 0 Å². The fourth-order valence-corrected chi connectivity index (χ4v) is 10.8. The molecule has 0 spiro atoms. The maximum absolute atomic E-state index is 2.58. The second-order valence-corrected chi connectivity index (χ2v) is 16.8. The van der Waals surface area contributed by atoms with Gasteiger partial charge in [0.25, 0.3) is 0 Å². The van der Waals surface area contributed by atoms with Crippen molar-refractivity contribution in [3.63, 3.8) is 0 Å². The first-order valence-corrected chi connectivity index (χ1v) is 20.9. The molecule has 282 valence electrons. The summed E-state index contributed by atoms with van der Waals surface area (Å²) >= 11 is 0. The molecule has 0 fully saturated rings. The molecule has 0 aromatic heterocycles. The van der Waals surface area contributed by atoms with Crippen LogP contribution in [0.1, 0.15) is 53.1 Å². The zero-order valence-corrected chi connectivity index (χ0v) is 33.5. The predicted molar refractivity (Wildman–Crippen MR) is 246 cm³/mol. The molecule has 0 saturated carbocycles. The van der Waals surface area contributed by atoms with E-state index in [0.717, 1.165) is 5.69 Å². The maximum Gasteiger partial charge on any atom is 0.0543 e. The van der Waals surface area contributed by atoms with Crippen LogP contribution in [0.5, 0.6) is 0 Å². The molecule has 2 atom stereocenters. The number of allylic oxidation sites excluding steroid dienone is 3. The molecule has 0 bridgehead atoms. The quantitative estimate of drug-likeness (QED) is 0.157. The minimum atomic E-state index is -0.345. The Hall–Kier alpha value is -6.96. The van der Waals surface area contributed by atoms with Gasteiger partial charge in [-0.25, -0.2) is 0 Å². The molecule has 0 heterocycles. The lowest BCUT2D eigenvalue weighted by Gasteiger charge is -2.40. The van der Waals surface area contributed by atoms with Gasteiger partial charge in [-0.05, 0) is 73.8 Å². The fraction of sp³-hybridized carbons (Fsp3) is 0.103. The van der Waals surface area contributed by atoms with Gasteiger partial charge in [-0.3, -0.25) is 0 Å². The lowest BCUT2D eigenvalue weighted by atomic mass is 9.63. The summed E-state index contributed by atoms with van der Waals surface area (Å²) in [7, 11) is 0. The van der Waals surface area contributed by atoms with Crippen LogP contribution in [0.2, 0.25) is 0 Å². The number of nitrogens with zero attached hydrogens (tertiary/aromatic N) is 1. The summed E-state index contributed by atoms with van der Waals surface area (Å²) in [6, 6.07) is 76.3. The smallest absolute Gasteiger partial charge is 0.0543 e. The van der Waals surface area contributed by atoms with Crippen molar-refractivity contribution in [1.29, 1.82) is 0 Å². The fourth-order valence-electron chi connectivity index (χ4n) is 10.8. The normalized spacial score (nSPS) is 17.6. The topological polar surface area (TPSA) is 3.24 Å². The third-order valence-corrected chi connectivity index (χ3v) is 13.4. The van der Waals surface area contributed by atoms with E-state index in [2.05, 4.69) is 243 Å². The molecule has 3 aliphatic rings. The number of hydrogen-bond acceptors (Lipinski definition) is 1. The molecule has 2 unspecified atom stereocenters. The van der Waals surface area contributed by atoms with Gasteiger partial charge in [-0.1, -0.05) is 220 Å². The van der Waals surface area contributed by atoms with E-state index in [1.807, 2.05) is 0 Å². The molecular formula is C58H45N. The molecule has 1 nitrogen and oxygen atoms in total. The van der Waals surface area contributed by atoms with E-state index in [1.54, 1.807) is 0 Å². The SMILES string of the molecule is CC1(C)c2ccccc2-c2c(N(C3=CC4c5ccccc5C(c5ccccc5)(c5ccccc5)C4C=C3)c3ccccc3-c3ccc(-c4ccccc4)cc3)cccc21. The summed E-state index contributed by atoms with van der Waals surface area (Å²) in [4.78, 5) is 2.57. The Morgan fingerprint density at radius 3 is 1.66 bits per heavy atom. The Kier molecular flexibility index (Phi) is 8.27. The molecule has 0 amide bonds. The minimum absolute atomic E-state index is 0.127. The highest BCUT2D eigenvalue weighted by molar-refractivity contribution is 5.96. The van der Waals surface area contributed by atoms with E-state index in [-0.39, 0.29) is 22.7 Å². The number of fused-ring (bicyclic) bond motifs is 6. The van der Waals surface area contributed by atoms with Gasteiger partial charge in [-0.2, -0.15) is 0 Å². The van der Waals surface area contributed by atoms with Gasteiger partial charge in [0.05, 0.1) is 16.8 Å². The largest absolute Gasteiger partial charge is 0.310 e. The van der Waals surface area contributed by atoms with Crippen molar-refractivity contribution in [3.05, 3.63) is 264 Å². The molecule has 3 aliphatic carbocycles. The van der Waals surface area contributed by atoms with Crippen LogP contribution in [0, 0.1) is 5.92 Å². The molecule has 11 rings (SSSR count). The number of rotatable bonds is 7. The van der Waals surface area contributed by atoms with Gasteiger partial charge in [0.1, 0.15) is 0 Å². The molecule has 8 aromatic rings. The van der Waals surface area contributed by atoms with Crippen molar-refractivity contribution >= 4 is 11.4 Å². The molecule has 0 aliphatic heterocycles. The van der Waals surface area contributed by atoms with Gasteiger partial charge in [0, 0.05) is 34.1 Å². The summed E-state index contributed by atoms with van der Waals surface area (Å²) in [5, 5.41) is 0. The molecule has 0 radical (unpaired) electrons. The molecular weight excluding hydrogens is 711 g/mol. The van der Waals surface area contributed by atoms with Crippen molar-refractivity contribution in [3.8, 4) is 33.4 Å². The van der Waals surface area contributed by atoms with E-state index >= 15 is 0 Å². The highest BCUT2D eigenvalue weighted by atomic mass is 15.2. The van der Waals surface area contributed by atoms with Crippen LogP contribution in [0.4, 0.5) is 11.4 Å². The first-order valence-electron chi connectivity index (χ1n) is 20.9. The molecule has 1 heteroatoms. The van der Waals surface area contributed by atoms with Crippen molar-refractivity contribution in [2.75, 3.05) is 4.90 Å². The molecule has 8 aromatic carbocycles. The summed E-state index contributed by atoms with van der Waals surface area (Å²) in [6.45, 7) is 4.75. The lowest BCUT2D eigenvalue weighted by Crippen LogP contribution is -2.35. The average Bonchev–Trinajstić information content (AvgIpc) is 3.73. The van der Waals surface area contributed by atoms with Gasteiger partial charge in [-0.15, -0.1) is 0 Å². The van der Waals surface area contributed by atoms with Gasteiger partial charge >= 0.3 is 0 Å². The predicted octanol–water partition coefficient (Wildman–Crippen LogP) is 14.7. The average molecular weight is 756 g/mol. The van der Waals surface area contributed by atoms with Crippen LogP contribution < -0.4 is 4.90 Å². The van der Waals surface area contributed by atoms with Crippen LogP contribution in [-0.4, -0.2) is 0 Å². The maximum atomic E-state index is 2.58. The Bertz CT molecular complexity index is 2860. The van der Waals surface area contributed by atoms with Gasteiger partial charge < -0.3 is 4.90 Å². The third kappa shape index (κ3) is 5.38. The van der Waals surface area contributed by atoms with Crippen molar-refractivity contribution in [2.24, 2.45) is 5.92 Å². The monoisotopic (exact) mass is 755 g/mol. The number of para-hydroxylation sites is 1. The van der Waals surface area contributed by atoms with Gasteiger partial charge in [0.15, 0.2) is 0 Å². The van der Waals surface area contributed by atoms with Crippen LogP contribution in [0.25, 0.3) is 33.4 Å². The zero-order chi connectivity index (χ0) is 39.6. The molecule has 0 N–H and O–H groups in total. The number of hydrogen-bond donors (Lipinski definition) is 0. The molecule has 59 heavy (non-hydrogen) atoms. The van der Waals surface area contributed by atoms with Gasteiger partial charge in [0.2, 0.25) is 0 Å². The zero-order valence-electron chi connectivity index (χ0n) is 33.5. The summed E-state index contributed by atoms with van der Waals surface area (Å²) in [5.74, 6) is 0.323. The van der Waals surface area contributed by atoms with Crippen LogP contribution in [0.3, 0.4) is 0 Å². The summed E-state index contributed by atoms with van der Waals surface area (Å²) in [6.07, 6.45) is 7.54. The second-order valence-electron chi connectivity index (χ2n) is 16.8. The van der Waals surface area contributed by atoms with Crippen LogP contribution in [0.15, 0.2) is 230 Å². The Balaban J connectivity index is 1.14. The van der Waals surface area contributed by atoms with E-state index < -0.39 is 0 Å². The van der Waals surface area contributed by atoms with E-state index in [0.29, 0.717) is 0 Å². The molecule has 0 saturated heterocycles. The first-order chi connectivity index (χ1) is 29.0. The Labute approximate surface area is 348 Å². The van der Waals surface area contributed by atoms with Crippen molar-refractivity contribution < 1.29 is 0 Å². The minimum Gasteiger partial charge on any atom is -0.310 e. The van der Waals surface area contributed by atoms with Crippen LogP contribution in [-0.2, 0) is 10.8 Å². The lowest BCUT2D eigenvalue weighted by molar-refractivity contribution is 0.455. The van der Waals surface area contributed by atoms with Crippen molar-refractivity contribution in [2.45, 2.75) is 30.6 Å². The first kappa shape index (κ1) is 35.2. The highest BCUT2D eigenvalue weighted by Gasteiger charge is 2.53. The Morgan fingerprint density at radius 1 is 0.424 bits per heavy atom. The van der Waals surface area contributed by atoms with E-state index in [9.17, 15) is 0 Å². The second kappa shape index (κ2) is 13.9. The highest BCUT2D eigenvalue weighted by Crippen LogP contribution is 2.61. The van der Waals surface area contributed by atoms with E-state index in [1.165, 1.54) is 78.1 Å². The number of benzene rings is 8. The third-order valence-electron chi connectivity index (χ3n) is 13.4. The van der Waals surface area contributed by atoms with Crippen molar-refractivity contribution in [1.82, 2.24) is 0 Å².